The molecule has 0 saturated heterocycles. The molecule has 0 aliphatic heterocycles. The molecule has 0 spiro atoms. The minimum atomic E-state index is -0.294. The van der Waals surface area contributed by atoms with Gasteiger partial charge in [-0.3, -0.25) is 9.59 Å². The first-order chi connectivity index (χ1) is 8.02. The highest BCUT2D eigenvalue weighted by atomic mass is 16.5. The smallest absolute Gasteiger partial charge is 0.310 e. The van der Waals surface area contributed by atoms with E-state index in [2.05, 4.69) is 10.7 Å². The van der Waals surface area contributed by atoms with Crippen molar-refractivity contribution in [1.29, 1.82) is 0 Å². The van der Waals surface area contributed by atoms with Gasteiger partial charge in [0.2, 0.25) is 5.91 Å². The number of rotatable bonds is 7. The fraction of sp³-hybridized carbons (Fsp3) is 0.692. The van der Waals surface area contributed by atoms with Gasteiger partial charge in [-0.1, -0.05) is 6.92 Å². The lowest BCUT2D eigenvalue weighted by atomic mass is 10.1. The number of methoxy groups -OCH3 is 1. The lowest BCUT2D eigenvalue weighted by molar-refractivity contribution is -0.146. The van der Waals surface area contributed by atoms with Crippen molar-refractivity contribution in [2.24, 2.45) is 5.92 Å². The second-order valence-electron chi connectivity index (χ2n) is 4.11. The molecule has 0 fully saturated rings. The third-order valence-corrected chi connectivity index (χ3v) is 2.54. The lowest BCUT2D eigenvalue weighted by Gasteiger charge is -2.20. The minimum Gasteiger partial charge on any atom is -0.469 e. The number of hydrogen-bond donors (Lipinski definition) is 0. The van der Waals surface area contributed by atoms with Gasteiger partial charge in [-0.25, -0.2) is 0 Å². The molecule has 0 N–H and O–H groups in total. The van der Waals surface area contributed by atoms with Crippen LogP contribution in [0, 0.1) is 18.3 Å². The van der Waals surface area contributed by atoms with Crippen molar-refractivity contribution in [3.63, 3.8) is 0 Å². The predicted molar refractivity (Wildman–Crippen MR) is 66.1 cm³/mol. The minimum absolute atomic E-state index is 0.0396. The molecule has 0 heterocycles. The van der Waals surface area contributed by atoms with Crippen LogP contribution in [-0.2, 0) is 14.3 Å². The van der Waals surface area contributed by atoms with E-state index in [9.17, 15) is 9.59 Å². The Kier molecular flexibility index (Phi) is 7.87. The number of hydrogen-bond acceptors (Lipinski definition) is 3. The highest BCUT2D eigenvalue weighted by Gasteiger charge is 2.18. The number of carbonyl (C=O) groups is 2. The van der Waals surface area contributed by atoms with E-state index < -0.39 is 0 Å². The van der Waals surface area contributed by atoms with Crippen LogP contribution in [-0.4, -0.2) is 37.5 Å². The van der Waals surface area contributed by atoms with Crippen LogP contribution >= 0.6 is 0 Å². The number of carbonyl (C=O) groups excluding carboxylic acids is 2. The number of ether oxygens (including phenoxy) is 1. The molecule has 4 nitrogen and oxygen atoms in total. The van der Waals surface area contributed by atoms with Gasteiger partial charge in [0.25, 0.3) is 0 Å². The Balaban J connectivity index is 3.89. The third-order valence-electron chi connectivity index (χ3n) is 2.54. The highest BCUT2D eigenvalue weighted by Crippen LogP contribution is 2.05. The summed E-state index contributed by atoms with van der Waals surface area (Å²) in [6, 6.07) is 0. The van der Waals surface area contributed by atoms with Crippen LogP contribution in [0.25, 0.3) is 0 Å². The van der Waals surface area contributed by atoms with Crippen LogP contribution in [0.3, 0.4) is 0 Å². The van der Waals surface area contributed by atoms with Gasteiger partial charge >= 0.3 is 5.97 Å². The standard InChI is InChI=1S/C13H21NO3/c1-5-6-7-8-9-12(15)14(3)10-11(2)13(16)17-4/h1,11H,6-10H2,2-4H3. The molecule has 0 aromatic heterocycles. The molecule has 0 rings (SSSR count). The Morgan fingerprint density at radius 3 is 2.59 bits per heavy atom. The van der Waals surface area contributed by atoms with Crippen LogP contribution in [0.5, 0.6) is 0 Å². The molecular formula is C13H21NO3. The normalized spacial score (nSPS) is 11.4. The van der Waals surface area contributed by atoms with Crippen LogP contribution in [0.2, 0.25) is 0 Å². The van der Waals surface area contributed by atoms with Crippen LogP contribution in [0.15, 0.2) is 0 Å². The van der Waals surface area contributed by atoms with Gasteiger partial charge < -0.3 is 9.64 Å². The van der Waals surface area contributed by atoms with E-state index in [1.807, 2.05) is 0 Å². The summed E-state index contributed by atoms with van der Waals surface area (Å²) in [5, 5.41) is 0. The van der Waals surface area contributed by atoms with E-state index in [1.165, 1.54) is 7.11 Å². The third kappa shape index (κ3) is 6.62. The molecular weight excluding hydrogens is 218 g/mol. The molecule has 0 radical (unpaired) electrons. The Morgan fingerprint density at radius 2 is 2.06 bits per heavy atom. The second-order valence-corrected chi connectivity index (χ2v) is 4.11. The van der Waals surface area contributed by atoms with Gasteiger partial charge in [0.15, 0.2) is 0 Å². The topological polar surface area (TPSA) is 46.6 Å². The quantitative estimate of drug-likeness (QED) is 0.384. The van der Waals surface area contributed by atoms with Crippen molar-refractivity contribution in [1.82, 2.24) is 4.90 Å². The largest absolute Gasteiger partial charge is 0.469 e. The van der Waals surface area contributed by atoms with Crippen LogP contribution < -0.4 is 0 Å². The molecule has 4 heteroatoms. The second kappa shape index (κ2) is 8.63. The van der Waals surface area contributed by atoms with Crippen molar-refractivity contribution >= 4 is 11.9 Å². The summed E-state index contributed by atoms with van der Waals surface area (Å²) in [5.74, 6) is 1.99. The molecule has 0 aromatic rings. The molecule has 0 saturated carbocycles. The summed E-state index contributed by atoms with van der Waals surface area (Å²) in [4.78, 5) is 24.4. The van der Waals surface area contributed by atoms with Gasteiger partial charge in [0, 0.05) is 26.4 Å². The molecule has 96 valence electrons. The summed E-state index contributed by atoms with van der Waals surface area (Å²) < 4.78 is 4.61. The Labute approximate surface area is 103 Å². The van der Waals surface area contributed by atoms with Gasteiger partial charge in [-0.15, -0.1) is 12.3 Å². The summed E-state index contributed by atoms with van der Waals surface area (Å²) in [7, 11) is 3.05. The van der Waals surface area contributed by atoms with Crippen molar-refractivity contribution in [3.05, 3.63) is 0 Å². The average Bonchev–Trinajstić information content (AvgIpc) is 2.32. The number of terminal acetylenes is 1. The molecule has 0 bridgehead atoms. The van der Waals surface area contributed by atoms with Crippen LogP contribution in [0.4, 0.5) is 0 Å². The fourth-order valence-corrected chi connectivity index (χ4v) is 1.48. The first-order valence-electron chi connectivity index (χ1n) is 5.78. The first kappa shape index (κ1) is 15.5. The molecule has 1 unspecified atom stereocenters. The lowest BCUT2D eigenvalue weighted by Crippen LogP contribution is -2.34. The maximum atomic E-state index is 11.7. The van der Waals surface area contributed by atoms with Gasteiger partial charge in [-0.05, 0) is 12.8 Å². The van der Waals surface area contributed by atoms with E-state index in [4.69, 9.17) is 6.42 Å². The number of amides is 1. The van der Waals surface area contributed by atoms with E-state index in [0.29, 0.717) is 19.4 Å². The summed E-state index contributed by atoms with van der Waals surface area (Å²) in [6.07, 6.45) is 7.96. The summed E-state index contributed by atoms with van der Waals surface area (Å²) >= 11 is 0. The summed E-state index contributed by atoms with van der Waals surface area (Å²) in [6.45, 7) is 2.13. The van der Waals surface area contributed by atoms with Crippen molar-refractivity contribution in [2.75, 3.05) is 20.7 Å². The molecule has 0 aliphatic rings. The molecule has 1 amide bonds. The van der Waals surface area contributed by atoms with Gasteiger partial charge in [0.05, 0.1) is 13.0 Å². The molecule has 1 atom stereocenters. The molecule has 0 aliphatic carbocycles. The average molecular weight is 239 g/mol. The Hall–Kier alpha value is -1.50. The number of esters is 1. The maximum Gasteiger partial charge on any atom is 0.310 e. The summed E-state index contributed by atoms with van der Waals surface area (Å²) in [5.41, 5.74) is 0. The van der Waals surface area contributed by atoms with Crippen molar-refractivity contribution < 1.29 is 14.3 Å². The molecule has 17 heavy (non-hydrogen) atoms. The van der Waals surface area contributed by atoms with E-state index in [1.54, 1.807) is 18.9 Å². The van der Waals surface area contributed by atoms with Gasteiger partial charge in [0.1, 0.15) is 0 Å². The van der Waals surface area contributed by atoms with E-state index in [0.717, 1.165) is 12.8 Å². The van der Waals surface area contributed by atoms with Crippen LogP contribution in [0.1, 0.15) is 32.6 Å². The zero-order valence-electron chi connectivity index (χ0n) is 10.9. The maximum absolute atomic E-state index is 11.7. The fourth-order valence-electron chi connectivity index (χ4n) is 1.48. The molecule has 0 aromatic carbocycles. The zero-order valence-corrected chi connectivity index (χ0v) is 10.9. The SMILES string of the molecule is C#CCCCCC(=O)N(C)CC(C)C(=O)OC. The Morgan fingerprint density at radius 1 is 1.41 bits per heavy atom. The number of nitrogens with zero attached hydrogens (tertiary/aromatic N) is 1. The van der Waals surface area contributed by atoms with E-state index in [-0.39, 0.29) is 17.8 Å². The monoisotopic (exact) mass is 239 g/mol. The Bertz CT molecular complexity index is 294. The van der Waals surface area contributed by atoms with Crippen molar-refractivity contribution in [2.45, 2.75) is 32.6 Å². The number of unbranched alkanes of at least 4 members (excludes halogenated alkanes) is 2. The first-order valence-corrected chi connectivity index (χ1v) is 5.78. The van der Waals surface area contributed by atoms with E-state index >= 15 is 0 Å². The zero-order chi connectivity index (χ0) is 13.3. The predicted octanol–water partition coefficient (Wildman–Crippen LogP) is 1.45. The van der Waals surface area contributed by atoms with Gasteiger partial charge in [-0.2, -0.15) is 0 Å². The highest BCUT2D eigenvalue weighted by molar-refractivity contribution is 5.77. The van der Waals surface area contributed by atoms with Crippen molar-refractivity contribution in [3.8, 4) is 12.3 Å².